The highest BCUT2D eigenvalue weighted by Crippen LogP contribution is 2.22. The highest BCUT2D eigenvalue weighted by atomic mass is 35.5. The van der Waals surface area contributed by atoms with Gasteiger partial charge in [0.25, 0.3) is 0 Å². The summed E-state index contributed by atoms with van der Waals surface area (Å²) in [6, 6.07) is 10.6. The fourth-order valence-electron chi connectivity index (χ4n) is 2.83. The van der Waals surface area contributed by atoms with E-state index >= 15 is 0 Å². The van der Waals surface area contributed by atoms with Crippen LogP contribution in [0.3, 0.4) is 0 Å². The van der Waals surface area contributed by atoms with Crippen molar-refractivity contribution in [2.45, 2.75) is 39.2 Å². The molecule has 1 aliphatic rings. The molecule has 1 fully saturated rings. The zero-order valence-electron chi connectivity index (χ0n) is 13.0. The van der Waals surface area contributed by atoms with E-state index in [0.717, 1.165) is 32.4 Å². The molecule has 1 heterocycles. The molecule has 0 aliphatic carbocycles. The molecule has 0 spiro atoms. The molecule has 0 bridgehead atoms. The molecule has 1 aromatic rings. The second-order valence-corrected chi connectivity index (χ2v) is 6.20. The van der Waals surface area contributed by atoms with Crippen LogP contribution >= 0.6 is 12.4 Å². The monoisotopic (exact) mass is 310 g/mol. The lowest BCUT2D eigenvalue weighted by Crippen LogP contribution is -2.46. The summed E-state index contributed by atoms with van der Waals surface area (Å²) in [4.78, 5) is 14.7. The smallest absolute Gasteiger partial charge is 0.226 e. The van der Waals surface area contributed by atoms with Gasteiger partial charge in [-0.05, 0) is 30.7 Å². The van der Waals surface area contributed by atoms with Crippen molar-refractivity contribution < 1.29 is 4.79 Å². The highest BCUT2D eigenvalue weighted by molar-refractivity contribution is 5.85. The molecule has 1 aromatic carbocycles. The predicted molar refractivity (Wildman–Crippen MR) is 89.5 cm³/mol. The maximum absolute atomic E-state index is 12.7. The summed E-state index contributed by atoms with van der Waals surface area (Å²) < 4.78 is 0. The minimum Gasteiger partial charge on any atom is -0.342 e. The number of halogens is 1. The molecule has 1 unspecified atom stereocenters. The number of hydrogen-bond acceptors (Lipinski definition) is 2. The van der Waals surface area contributed by atoms with E-state index in [9.17, 15) is 4.79 Å². The lowest BCUT2D eigenvalue weighted by Gasteiger charge is -2.34. The Kier molecular flexibility index (Phi) is 7.20. The van der Waals surface area contributed by atoms with Gasteiger partial charge < -0.3 is 10.6 Å². The van der Waals surface area contributed by atoms with Crippen LogP contribution in [-0.4, -0.2) is 29.9 Å². The normalized spacial score (nSPS) is 17.4. The first-order chi connectivity index (χ1) is 9.58. The third kappa shape index (κ3) is 5.01. The summed E-state index contributed by atoms with van der Waals surface area (Å²) in [6.45, 7) is 5.92. The van der Waals surface area contributed by atoms with Crippen LogP contribution in [0.5, 0.6) is 0 Å². The molecule has 0 aromatic heterocycles. The summed E-state index contributed by atoms with van der Waals surface area (Å²) in [5.74, 6) is 0.737. The Morgan fingerprint density at radius 3 is 2.33 bits per heavy atom. The van der Waals surface area contributed by atoms with Crippen LogP contribution in [0.4, 0.5) is 0 Å². The third-order valence-electron chi connectivity index (χ3n) is 4.27. The van der Waals surface area contributed by atoms with E-state index < -0.39 is 0 Å². The number of amides is 1. The third-order valence-corrected chi connectivity index (χ3v) is 4.27. The number of piperidine rings is 1. The van der Waals surface area contributed by atoms with Crippen molar-refractivity contribution in [3.05, 3.63) is 35.9 Å². The summed E-state index contributed by atoms with van der Waals surface area (Å²) in [5, 5.41) is 0. The number of carbonyl (C=O) groups excluding carboxylic acids is 1. The van der Waals surface area contributed by atoms with Gasteiger partial charge in [0.05, 0.1) is 0 Å². The molecule has 3 nitrogen and oxygen atoms in total. The zero-order chi connectivity index (χ0) is 14.5. The standard InChI is InChI=1S/C17H26N2O.ClH/c1-13(2)16(12-14-6-4-3-5-7-14)17(20)19-10-8-15(18)9-11-19;/h3-7,13,15-16H,8-12,18H2,1-2H3;1H. The van der Waals surface area contributed by atoms with Gasteiger partial charge in [-0.15, -0.1) is 12.4 Å². The Morgan fingerprint density at radius 2 is 1.81 bits per heavy atom. The fourth-order valence-corrected chi connectivity index (χ4v) is 2.83. The van der Waals surface area contributed by atoms with Crippen molar-refractivity contribution in [2.24, 2.45) is 17.6 Å². The average molecular weight is 311 g/mol. The van der Waals surface area contributed by atoms with Gasteiger partial charge in [-0.25, -0.2) is 0 Å². The largest absolute Gasteiger partial charge is 0.342 e. The molecular weight excluding hydrogens is 284 g/mol. The van der Waals surface area contributed by atoms with Crippen LogP contribution in [0.25, 0.3) is 0 Å². The summed E-state index contributed by atoms with van der Waals surface area (Å²) >= 11 is 0. The van der Waals surface area contributed by atoms with E-state index in [1.165, 1.54) is 5.56 Å². The number of benzene rings is 1. The van der Waals surface area contributed by atoms with Gasteiger partial charge in [0.15, 0.2) is 0 Å². The topological polar surface area (TPSA) is 46.3 Å². The van der Waals surface area contributed by atoms with E-state index in [1.54, 1.807) is 0 Å². The number of rotatable bonds is 4. The Hall–Kier alpha value is -1.06. The van der Waals surface area contributed by atoms with Crippen molar-refractivity contribution >= 4 is 18.3 Å². The summed E-state index contributed by atoms with van der Waals surface area (Å²) in [6.07, 6.45) is 2.70. The second-order valence-electron chi connectivity index (χ2n) is 6.20. The van der Waals surface area contributed by atoms with Crippen LogP contribution in [-0.2, 0) is 11.2 Å². The first-order valence-electron chi connectivity index (χ1n) is 7.66. The Bertz CT molecular complexity index is 428. The molecule has 1 saturated heterocycles. The number of hydrogen-bond donors (Lipinski definition) is 1. The van der Waals surface area contributed by atoms with Crippen molar-refractivity contribution in [1.82, 2.24) is 4.90 Å². The van der Waals surface area contributed by atoms with Crippen molar-refractivity contribution in [2.75, 3.05) is 13.1 Å². The Balaban J connectivity index is 0.00000220. The van der Waals surface area contributed by atoms with Gasteiger partial charge in [-0.3, -0.25) is 4.79 Å². The molecule has 1 amide bonds. The van der Waals surface area contributed by atoms with Gasteiger partial charge in [0.1, 0.15) is 0 Å². The van der Waals surface area contributed by atoms with Crippen molar-refractivity contribution in [3.63, 3.8) is 0 Å². The number of nitrogens with zero attached hydrogens (tertiary/aromatic N) is 1. The van der Waals surface area contributed by atoms with E-state index in [1.807, 2.05) is 23.1 Å². The molecule has 2 rings (SSSR count). The SMILES string of the molecule is CC(C)C(Cc1ccccc1)C(=O)N1CCC(N)CC1.Cl. The maximum Gasteiger partial charge on any atom is 0.226 e. The average Bonchev–Trinajstić information content (AvgIpc) is 2.45. The molecule has 2 N–H and O–H groups in total. The Labute approximate surface area is 134 Å². The van der Waals surface area contributed by atoms with Crippen LogP contribution in [0.15, 0.2) is 30.3 Å². The second kappa shape index (κ2) is 8.40. The van der Waals surface area contributed by atoms with Gasteiger partial charge in [0.2, 0.25) is 5.91 Å². The number of nitrogens with two attached hydrogens (primary N) is 1. The minimum atomic E-state index is 0. The molecule has 21 heavy (non-hydrogen) atoms. The van der Waals surface area contributed by atoms with Gasteiger partial charge in [0, 0.05) is 25.0 Å². The van der Waals surface area contributed by atoms with Gasteiger partial charge >= 0.3 is 0 Å². The molecule has 0 saturated carbocycles. The van der Waals surface area contributed by atoms with Crippen LogP contribution in [0, 0.1) is 11.8 Å². The van der Waals surface area contributed by atoms with Crippen LogP contribution in [0.2, 0.25) is 0 Å². The molecule has 1 aliphatic heterocycles. The van der Waals surface area contributed by atoms with Crippen molar-refractivity contribution in [1.29, 1.82) is 0 Å². The first kappa shape index (κ1) is 18.0. The number of likely N-dealkylation sites (tertiary alicyclic amines) is 1. The number of carbonyl (C=O) groups is 1. The van der Waals surface area contributed by atoms with Gasteiger partial charge in [-0.1, -0.05) is 44.2 Å². The van der Waals surface area contributed by atoms with Crippen molar-refractivity contribution in [3.8, 4) is 0 Å². The van der Waals surface area contributed by atoms with Crippen LogP contribution in [0.1, 0.15) is 32.3 Å². The predicted octanol–water partition coefficient (Wildman–Crippen LogP) is 2.87. The maximum atomic E-state index is 12.7. The molecule has 1 atom stereocenters. The fraction of sp³-hybridized carbons (Fsp3) is 0.588. The molecule has 4 heteroatoms. The molecular formula is C17H27ClN2O. The van der Waals surface area contributed by atoms with E-state index in [4.69, 9.17) is 5.73 Å². The lowest BCUT2D eigenvalue weighted by atomic mass is 9.87. The lowest BCUT2D eigenvalue weighted by molar-refractivity contribution is -0.138. The first-order valence-corrected chi connectivity index (χ1v) is 7.66. The van der Waals surface area contributed by atoms with Crippen LogP contribution < -0.4 is 5.73 Å². The molecule has 118 valence electrons. The summed E-state index contributed by atoms with van der Waals surface area (Å²) in [5.41, 5.74) is 7.16. The van der Waals surface area contributed by atoms with E-state index in [0.29, 0.717) is 11.8 Å². The van der Waals surface area contributed by atoms with E-state index in [-0.39, 0.29) is 24.4 Å². The highest BCUT2D eigenvalue weighted by Gasteiger charge is 2.29. The van der Waals surface area contributed by atoms with Gasteiger partial charge in [-0.2, -0.15) is 0 Å². The Morgan fingerprint density at radius 1 is 1.24 bits per heavy atom. The zero-order valence-corrected chi connectivity index (χ0v) is 13.8. The molecule has 0 radical (unpaired) electrons. The van der Waals surface area contributed by atoms with E-state index in [2.05, 4.69) is 26.0 Å². The quantitative estimate of drug-likeness (QED) is 0.929. The summed E-state index contributed by atoms with van der Waals surface area (Å²) in [7, 11) is 0. The minimum absolute atomic E-state index is 0.